The number of hydrogen-bond donors (Lipinski definition) is 0. The lowest BCUT2D eigenvalue weighted by Crippen LogP contribution is -2.15. The summed E-state index contributed by atoms with van der Waals surface area (Å²) in [6.07, 6.45) is 0.996. The van der Waals surface area contributed by atoms with Crippen LogP contribution in [0.25, 0.3) is 0 Å². The third kappa shape index (κ3) is 1.71. The highest BCUT2D eigenvalue weighted by molar-refractivity contribution is 5.88. The summed E-state index contributed by atoms with van der Waals surface area (Å²) in [7, 11) is 0. The number of Topliss-reactive ketones (excluding diaryl/α,β-unsaturated/α-hetero) is 1. The molecular weight excluding hydrogens is 184 g/mol. The van der Waals surface area contributed by atoms with Gasteiger partial charge in [-0.25, -0.2) is 0 Å². The molecule has 1 aliphatic rings. The lowest BCUT2D eigenvalue weighted by atomic mass is 9.90. The van der Waals surface area contributed by atoms with E-state index >= 15 is 0 Å². The molecule has 15 heavy (non-hydrogen) atoms. The van der Waals surface area contributed by atoms with Crippen LogP contribution in [0, 0.1) is 5.92 Å². The van der Waals surface area contributed by atoms with Crippen molar-refractivity contribution in [2.75, 3.05) is 0 Å². The van der Waals surface area contributed by atoms with E-state index < -0.39 is 0 Å². The van der Waals surface area contributed by atoms with Crippen molar-refractivity contribution in [2.24, 2.45) is 5.92 Å². The smallest absolute Gasteiger partial charge is 0.142 e. The van der Waals surface area contributed by atoms with E-state index in [2.05, 4.69) is 25.1 Å². The van der Waals surface area contributed by atoms with Gasteiger partial charge >= 0.3 is 0 Å². The van der Waals surface area contributed by atoms with Crippen LogP contribution in [0.5, 0.6) is 0 Å². The molecule has 1 aromatic rings. The minimum Gasteiger partial charge on any atom is -0.299 e. The maximum absolute atomic E-state index is 12.1. The van der Waals surface area contributed by atoms with E-state index in [1.165, 1.54) is 11.1 Å². The maximum Gasteiger partial charge on any atom is 0.142 e. The molecule has 0 aromatic heterocycles. The summed E-state index contributed by atoms with van der Waals surface area (Å²) in [5.41, 5.74) is 2.64. The van der Waals surface area contributed by atoms with E-state index in [0.717, 1.165) is 6.42 Å². The Balaban J connectivity index is 2.36. The second kappa shape index (κ2) is 3.80. The van der Waals surface area contributed by atoms with Gasteiger partial charge in [0.25, 0.3) is 0 Å². The molecule has 1 nitrogen and oxygen atoms in total. The highest BCUT2D eigenvalue weighted by Gasteiger charge is 2.33. The Morgan fingerprint density at radius 2 is 1.87 bits per heavy atom. The standard InChI is InChI=1S/C14H18O/c1-9(2)14(15)13-8-10(3)11-6-4-5-7-12(11)13/h4-7,9-10,13H,8H2,1-3H3/t10-,13-/m1/s1. The Hall–Kier alpha value is -1.11. The third-order valence-electron chi connectivity index (χ3n) is 3.40. The van der Waals surface area contributed by atoms with E-state index in [1.807, 2.05) is 19.9 Å². The van der Waals surface area contributed by atoms with Crippen LogP contribution in [0.4, 0.5) is 0 Å². The predicted octanol–water partition coefficient (Wildman–Crippen LogP) is 3.50. The predicted molar refractivity (Wildman–Crippen MR) is 62.1 cm³/mol. The molecule has 80 valence electrons. The maximum atomic E-state index is 12.1. The van der Waals surface area contributed by atoms with Crippen molar-refractivity contribution in [1.29, 1.82) is 0 Å². The number of carbonyl (C=O) groups excluding carboxylic acids is 1. The minimum atomic E-state index is 0.147. The van der Waals surface area contributed by atoms with Crippen LogP contribution >= 0.6 is 0 Å². The zero-order valence-electron chi connectivity index (χ0n) is 9.66. The van der Waals surface area contributed by atoms with Crippen molar-refractivity contribution in [3.05, 3.63) is 35.4 Å². The van der Waals surface area contributed by atoms with Gasteiger partial charge in [-0.15, -0.1) is 0 Å². The van der Waals surface area contributed by atoms with E-state index in [-0.39, 0.29) is 11.8 Å². The molecule has 0 amide bonds. The van der Waals surface area contributed by atoms with Crippen molar-refractivity contribution in [3.8, 4) is 0 Å². The average molecular weight is 202 g/mol. The molecular formula is C14H18O. The molecule has 0 N–H and O–H groups in total. The van der Waals surface area contributed by atoms with Gasteiger partial charge in [0, 0.05) is 11.8 Å². The van der Waals surface area contributed by atoms with Crippen molar-refractivity contribution in [2.45, 2.75) is 39.0 Å². The number of rotatable bonds is 2. The normalized spacial score (nSPS) is 24.3. The molecule has 0 saturated heterocycles. The summed E-state index contributed by atoms with van der Waals surface area (Å²) in [4.78, 5) is 12.1. The second-order valence-electron chi connectivity index (χ2n) is 4.88. The highest BCUT2D eigenvalue weighted by Crippen LogP contribution is 2.42. The van der Waals surface area contributed by atoms with Gasteiger partial charge in [0.05, 0.1) is 0 Å². The Kier molecular flexibility index (Phi) is 2.64. The van der Waals surface area contributed by atoms with E-state index in [1.54, 1.807) is 0 Å². The molecule has 0 aliphatic heterocycles. The summed E-state index contributed by atoms with van der Waals surface area (Å²) >= 11 is 0. The van der Waals surface area contributed by atoms with Crippen molar-refractivity contribution in [3.63, 3.8) is 0 Å². The highest BCUT2D eigenvalue weighted by atomic mass is 16.1. The molecule has 1 aliphatic carbocycles. The third-order valence-corrected chi connectivity index (χ3v) is 3.40. The van der Waals surface area contributed by atoms with Crippen LogP contribution in [0.2, 0.25) is 0 Å². The monoisotopic (exact) mass is 202 g/mol. The number of benzene rings is 1. The molecule has 0 bridgehead atoms. The van der Waals surface area contributed by atoms with Gasteiger partial charge in [0.15, 0.2) is 0 Å². The molecule has 0 saturated carbocycles. The van der Waals surface area contributed by atoms with Crippen molar-refractivity contribution >= 4 is 5.78 Å². The number of fused-ring (bicyclic) bond motifs is 1. The summed E-state index contributed by atoms with van der Waals surface area (Å²) < 4.78 is 0. The Labute approximate surface area is 91.5 Å². The Morgan fingerprint density at radius 1 is 1.27 bits per heavy atom. The zero-order chi connectivity index (χ0) is 11.0. The Bertz CT molecular complexity index is 379. The van der Waals surface area contributed by atoms with E-state index in [9.17, 15) is 4.79 Å². The number of ketones is 1. The first-order chi connectivity index (χ1) is 7.11. The lowest BCUT2D eigenvalue weighted by molar-refractivity contribution is -0.123. The molecule has 2 rings (SSSR count). The first kappa shape index (κ1) is 10.4. The fraction of sp³-hybridized carbons (Fsp3) is 0.500. The summed E-state index contributed by atoms with van der Waals surface area (Å²) in [5.74, 6) is 1.23. The summed E-state index contributed by atoms with van der Waals surface area (Å²) in [5, 5.41) is 0. The largest absolute Gasteiger partial charge is 0.299 e. The minimum absolute atomic E-state index is 0.147. The molecule has 0 fully saturated rings. The SMILES string of the molecule is CC(C)C(=O)[C@@H]1C[C@@H](C)c2ccccc21. The van der Waals surface area contributed by atoms with Gasteiger partial charge in [-0.3, -0.25) is 4.79 Å². The first-order valence-corrected chi connectivity index (χ1v) is 5.73. The van der Waals surface area contributed by atoms with Crippen LogP contribution in [0.15, 0.2) is 24.3 Å². The van der Waals surface area contributed by atoms with Crippen LogP contribution in [0.3, 0.4) is 0 Å². The van der Waals surface area contributed by atoms with Gasteiger partial charge in [-0.2, -0.15) is 0 Å². The average Bonchev–Trinajstić information content (AvgIpc) is 2.56. The molecule has 1 heteroatoms. The van der Waals surface area contributed by atoms with E-state index in [4.69, 9.17) is 0 Å². The van der Waals surface area contributed by atoms with Gasteiger partial charge in [-0.1, -0.05) is 45.0 Å². The lowest BCUT2D eigenvalue weighted by Gasteiger charge is -2.12. The number of hydrogen-bond acceptors (Lipinski definition) is 1. The van der Waals surface area contributed by atoms with Gasteiger partial charge in [0.1, 0.15) is 5.78 Å². The summed E-state index contributed by atoms with van der Waals surface area (Å²) in [6, 6.07) is 8.38. The van der Waals surface area contributed by atoms with Crippen LogP contribution in [-0.2, 0) is 4.79 Å². The molecule has 0 spiro atoms. The van der Waals surface area contributed by atoms with Gasteiger partial charge < -0.3 is 0 Å². The van der Waals surface area contributed by atoms with E-state index in [0.29, 0.717) is 11.7 Å². The summed E-state index contributed by atoms with van der Waals surface area (Å²) in [6.45, 7) is 6.20. The topological polar surface area (TPSA) is 17.1 Å². The van der Waals surface area contributed by atoms with Crippen LogP contribution in [-0.4, -0.2) is 5.78 Å². The molecule has 0 unspecified atom stereocenters. The van der Waals surface area contributed by atoms with Crippen LogP contribution < -0.4 is 0 Å². The zero-order valence-corrected chi connectivity index (χ0v) is 9.66. The second-order valence-corrected chi connectivity index (χ2v) is 4.88. The molecule has 0 heterocycles. The fourth-order valence-electron chi connectivity index (χ4n) is 2.56. The fourth-order valence-corrected chi connectivity index (χ4v) is 2.56. The number of carbonyl (C=O) groups is 1. The van der Waals surface area contributed by atoms with Crippen molar-refractivity contribution < 1.29 is 4.79 Å². The quantitative estimate of drug-likeness (QED) is 0.717. The van der Waals surface area contributed by atoms with Crippen molar-refractivity contribution in [1.82, 2.24) is 0 Å². The molecule has 1 aromatic carbocycles. The van der Waals surface area contributed by atoms with Gasteiger partial charge in [-0.05, 0) is 23.5 Å². The first-order valence-electron chi connectivity index (χ1n) is 5.73. The van der Waals surface area contributed by atoms with Gasteiger partial charge in [0.2, 0.25) is 0 Å². The van der Waals surface area contributed by atoms with Crippen LogP contribution in [0.1, 0.15) is 50.2 Å². The Morgan fingerprint density at radius 3 is 2.47 bits per heavy atom. The molecule has 0 radical (unpaired) electrons. The molecule has 2 atom stereocenters.